The Morgan fingerprint density at radius 3 is 2.50 bits per heavy atom. The average Bonchev–Trinajstić information content (AvgIpc) is 2.84. The Morgan fingerprint density at radius 2 is 1.87 bits per heavy atom. The van der Waals surface area contributed by atoms with Gasteiger partial charge in [0.25, 0.3) is 5.91 Å². The Bertz CT molecular complexity index is 1100. The lowest BCUT2D eigenvalue weighted by atomic mass is 10.1. The molecular formula is C21H20ClNO6S. The van der Waals surface area contributed by atoms with E-state index >= 15 is 0 Å². The van der Waals surface area contributed by atoms with Crippen LogP contribution in [0.1, 0.15) is 42.3 Å². The van der Waals surface area contributed by atoms with E-state index in [9.17, 15) is 18.7 Å². The van der Waals surface area contributed by atoms with Crippen molar-refractivity contribution < 1.29 is 28.5 Å². The number of carbonyl (C=O) groups is 2. The van der Waals surface area contributed by atoms with E-state index in [1.807, 2.05) is 0 Å². The third-order valence-electron chi connectivity index (χ3n) is 4.19. The fourth-order valence-corrected chi connectivity index (χ4v) is 5.22. The molecular weight excluding hydrogens is 430 g/mol. The van der Waals surface area contributed by atoms with Crippen molar-refractivity contribution in [3.05, 3.63) is 58.1 Å². The van der Waals surface area contributed by atoms with E-state index < -0.39 is 34.8 Å². The van der Waals surface area contributed by atoms with Crippen molar-refractivity contribution in [3.63, 3.8) is 0 Å². The molecule has 0 aromatic heterocycles. The fourth-order valence-electron chi connectivity index (χ4n) is 3.02. The van der Waals surface area contributed by atoms with E-state index in [1.54, 1.807) is 32.9 Å². The Kier molecular flexibility index (Phi) is 5.76. The molecule has 3 rings (SSSR count). The zero-order valence-corrected chi connectivity index (χ0v) is 18.0. The first-order valence-corrected chi connectivity index (χ1v) is 10.7. The number of ether oxygens (including phenoxy) is 1. The monoisotopic (exact) mass is 449 g/mol. The molecule has 0 saturated carbocycles. The van der Waals surface area contributed by atoms with Crippen molar-refractivity contribution in [2.24, 2.45) is 0 Å². The second-order valence-corrected chi connectivity index (χ2v) is 9.85. The number of fused-ring (bicyclic) bond motifs is 1. The summed E-state index contributed by atoms with van der Waals surface area (Å²) in [4.78, 5) is 23.6. The molecule has 0 spiro atoms. The van der Waals surface area contributed by atoms with Crippen LogP contribution in [0.5, 0.6) is 5.75 Å². The molecule has 0 unspecified atom stereocenters. The van der Waals surface area contributed by atoms with Gasteiger partial charge in [0.2, 0.25) is 0 Å². The Hall–Kier alpha value is -2.70. The minimum atomic E-state index is -3.49. The highest BCUT2D eigenvalue weighted by Gasteiger charge is 2.47. The van der Waals surface area contributed by atoms with Crippen molar-refractivity contribution in [2.45, 2.75) is 31.2 Å². The van der Waals surface area contributed by atoms with Crippen molar-refractivity contribution >= 4 is 34.3 Å². The summed E-state index contributed by atoms with van der Waals surface area (Å²) in [5, 5.41) is 9.20. The number of carbonyl (C=O) groups excluding carboxylic acids is 1. The number of halogens is 1. The first-order valence-electron chi connectivity index (χ1n) is 8.84. The molecule has 0 atom stereocenters. The summed E-state index contributed by atoms with van der Waals surface area (Å²) in [7, 11) is -3.49. The van der Waals surface area contributed by atoms with Crippen LogP contribution in [-0.2, 0) is 4.79 Å². The highest BCUT2D eigenvalue weighted by atomic mass is 35.5. The van der Waals surface area contributed by atoms with Crippen molar-refractivity contribution in [3.8, 4) is 17.6 Å². The van der Waals surface area contributed by atoms with Gasteiger partial charge in [0.05, 0.1) is 21.6 Å². The van der Waals surface area contributed by atoms with Crippen LogP contribution in [0, 0.1) is 11.8 Å². The van der Waals surface area contributed by atoms with Gasteiger partial charge in [-0.15, -0.1) is 0 Å². The van der Waals surface area contributed by atoms with E-state index in [-0.39, 0.29) is 16.2 Å². The standard InChI is InChI=1S/C21H20ClNO6S/c1-21(2,3)23-20(26)16-8-5-13(10-18(16)30(23,27)28)4-6-14-11-15(22)7-9-17(14)29-12-19(24)25/h5,7-11,27-28H,12H2,1-3H3,(H,24,25). The second-order valence-electron chi connectivity index (χ2n) is 7.57. The molecule has 7 nitrogen and oxygen atoms in total. The van der Waals surface area contributed by atoms with Crippen molar-refractivity contribution in [1.82, 2.24) is 4.31 Å². The lowest BCUT2D eigenvalue weighted by Crippen LogP contribution is -2.43. The van der Waals surface area contributed by atoms with Crippen molar-refractivity contribution in [1.29, 1.82) is 0 Å². The van der Waals surface area contributed by atoms with Gasteiger partial charge in [0.1, 0.15) is 5.75 Å². The number of aliphatic carboxylic acids is 1. The molecule has 0 radical (unpaired) electrons. The number of carboxylic acid groups (broad SMARTS) is 1. The molecule has 2 aromatic carbocycles. The van der Waals surface area contributed by atoms with Gasteiger partial charge < -0.3 is 9.84 Å². The van der Waals surface area contributed by atoms with Crippen LogP contribution in [0.2, 0.25) is 5.02 Å². The summed E-state index contributed by atoms with van der Waals surface area (Å²) in [5.74, 6) is 4.42. The molecule has 0 fully saturated rings. The second kappa shape index (κ2) is 7.85. The molecule has 1 aliphatic rings. The van der Waals surface area contributed by atoms with Gasteiger partial charge in [-0.25, -0.2) is 9.10 Å². The van der Waals surface area contributed by atoms with Crippen LogP contribution >= 0.6 is 22.4 Å². The topological polar surface area (TPSA) is 107 Å². The first-order chi connectivity index (χ1) is 13.9. The summed E-state index contributed by atoms with van der Waals surface area (Å²) in [6.45, 7) is 4.65. The van der Waals surface area contributed by atoms with Crippen LogP contribution in [0.25, 0.3) is 0 Å². The minimum Gasteiger partial charge on any atom is -0.481 e. The first kappa shape index (κ1) is 22.0. The van der Waals surface area contributed by atoms with Gasteiger partial charge in [-0.2, -0.15) is 0 Å². The van der Waals surface area contributed by atoms with E-state index in [0.717, 1.165) is 4.31 Å². The molecule has 30 heavy (non-hydrogen) atoms. The lowest BCUT2D eigenvalue weighted by Gasteiger charge is -2.44. The number of hydrogen-bond donors (Lipinski definition) is 3. The summed E-state index contributed by atoms with van der Waals surface area (Å²) in [5.41, 5.74) is 0.270. The third-order valence-corrected chi connectivity index (χ3v) is 6.58. The van der Waals surface area contributed by atoms with Crippen molar-refractivity contribution in [2.75, 3.05) is 6.61 Å². The van der Waals surface area contributed by atoms with Crippen LogP contribution in [0.15, 0.2) is 41.3 Å². The minimum absolute atomic E-state index is 0.127. The van der Waals surface area contributed by atoms with Crippen LogP contribution < -0.4 is 4.74 Å². The maximum absolute atomic E-state index is 12.7. The van der Waals surface area contributed by atoms with Gasteiger partial charge in [0.15, 0.2) is 6.61 Å². The molecule has 1 amide bonds. The maximum Gasteiger partial charge on any atom is 0.341 e. The Balaban J connectivity index is 1.98. The van der Waals surface area contributed by atoms with E-state index in [2.05, 4.69) is 11.8 Å². The average molecular weight is 450 g/mol. The molecule has 0 bridgehead atoms. The molecule has 0 saturated heterocycles. The summed E-state index contributed by atoms with van der Waals surface area (Å²) in [6, 6.07) is 9.21. The van der Waals surface area contributed by atoms with Gasteiger partial charge in [-0.3, -0.25) is 13.9 Å². The fraction of sp³-hybridized carbons (Fsp3) is 0.238. The highest BCUT2D eigenvalue weighted by Crippen LogP contribution is 2.61. The number of rotatable bonds is 3. The van der Waals surface area contributed by atoms with Crippen LogP contribution in [-0.4, -0.2) is 42.5 Å². The molecule has 158 valence electrons. The number of nitrogens with zero attached hydrogens (tertiary/aromatic N) is 1. The highest BCUT2D eigenvalue weighted by molar-refractivity contribution is 8.23. The predicted octanol–water partition coefficient (Wildman–Crippen LogP) is 4.48. The number of benzene rings is 2. The van der Waals surface area contributed by atoms with Crippen LogP contribution in [0.3, 0.4) is 0 Å². The molecule has 3 N–H and O–H groups in total. The van der Waals surface area contributed by atoms with Gasteiger partial charge in [0, 0.05) is 10.6 Å². The molecule has 9 heteroatoms. The summed E-state index contributed by atoms with van der Waals surface area (Å²) in [6.07, 6.45) is 0. The smallest absolute Gasteiger partial charge is 0.341 e. The lowest BCUT2D eigenvalue weighted by molar-refractivity contribution is -0.139. The zero-order valence-electron chi connectivity index (χ0n) is 16.5. The number of amides is 1. The number of hydrogen-bond acceptors (Lipinski definition) is 5. The quantitative estimate of drug-likeness (QED) is 0.596. The van der Waals surface area contributed by atoms with Gasteiger partial charge >= 0.3 is 5.97 Å². The molecule has 1 aliphatic heterocycles. The Labute approximate surface area is 180 Å². The largest absolute Gasteiger partial charge is 0.481 e. The summed E-state index contributed by atoms with van der Waals surface area (Å²) < 4.78 is 27.8. The molecule has 1 heterocycles. The zero-order chi connectivity index (χ0) is 22.3. The van der Waals surface area contributed by atoms with Crippen LogP contribution in [0.4, 0.5) is 0 Å². The summed E-state index contributed by atoms with van der Waals surface area (Å²) >= 11 is 6.00. The third kappa shape index (κ3) is 4.25. The van der Waals surface area contributed by atoms with E-state index in [0.29, 0.717) is 16.1 Å². The van der Waals surface area contributed by atoms with E-state index in [4.69, 9.17) is 21.4 Å². The normalized spacial score (nSPS) is 15.8. The SMILES string of the molecule is CC(C)(C)N1C(=O)c2ccc(C#Cc3cc(Cl)ccc3OCC(=O)O)cc2S1(O)O. The number of carboxylic acids is 1. The maximum atomic E-state index is 12.7. The van der Waals surface area contributed by atoms with Gasteiger partial charge in [-0.1, -0.05) is 34.2 Å². The molecule has 0 aliphatic carbocycles. The Morgan fingerprint density at radius 1 is 1.17 bits per heavy atom. The van der Waals surface area contributed by atoms with E-state index in [1.165, 1.54) is 24.3 Å². The molecule has 2 aromatic rings. The predicted molar refractivity (Wildman–Crippen MR) is 114 cm³/mol. The van der Waals surface area contributed by atoms with Gasteiger partial charge in [-0.05, 0) is 57.2 Å².